The van der Waals surface area contributed by atoms with E-state index in [1.807, 2.05) is 6.92 Å². The summed E-state index contributed by atoms with van der Waals surface area (Å²) in [5, 5.41) is 5.69. The summed E-state index contributed by atoms with van der Waals surface area (Å²) in [6.07, 6.45) is 3.72. The summed E-state index contributed by atoms with van der Waals surface area (Å²) >= 11 is 0. The van der Waals surface area contributed by atoms with Crippen LogP contribution in [0.15, 0.2) is 36.7 Å². The lowest BCUT2D eigenvalue weighted by Gasteiger charge is -2.09. The van der Waals surface area contributed by atoms with Crippen LogP contribution in [-0.2, 0) is 4.74 Å². The minimum absolute atomic E-state index is 0.214. The maximum Gasteiger partial charge on any atom is 0.339 e. The smallest absolute Gasteiger partial charge is 0.339 e. The Morgan fingerprint density at radius 3 is 2.52 bits per heavy atom. The average Bonchev–Trinajstić information content (AvgIpc) is 2.60. The van der Waals surface area contributed by atoms with E-state index in [0.717, 1.165) is 6.42 Å². The van der Waals surface area contributed by atoms with Crippen molar-refractivity contribution in [3.63, 3.8) is 0 Å². The lowest BCUT2D eigenvalue weighted by molar-refractivity contribution is 0.0601. The van der Waals surface area contributed by atoms with Crippen LogP contribution in [0.25, 0.3) is 0 Å². The number of hydrogen-bond acceptors (Lipinski definition) is 6. The highest BCUT2D eigenvalue weighted by molar-refractivity contribution is 5.96. The molecule has 0 aliphatic carbocycles. The second kappa shape index (κ2) is 7.88. The van der Waals surface area contributed by atoms with Crippen molar-refractivity contribution in [1.29, 1.82) is 0 Å². The van der Waals surface area contributed by atoms with E-state index >= 15 is 0 Å². The van der Waals surface area contributed by atoms with Gasteiger partial charge in [-0.2, -0.15) is 0 Å². The molecular weight excluding hydrogens is 296 g/mol. The maximum absolute atomic E-state index is 11.8. The number of anilines is 2. The minimum atomic E-state index is -0.455. The molecule has 0 fully saturated rings. The molecule has 2 N–H and O–H groups in total. The fourth-order valence-corrected chi connectivity index (χ4v) is 1.85. The normalized spacial score (nSPS) is 10.0. The van der Waals surface area contributed by atoms with Crippen molar-refractivity contribution in [2.45, 2.75) is 13.3 Å². The summed E-state index contributed by atoms with van der Waals surface area (Å²) < 4.78 is 4.73. The molecule has 7 heteroatoms. The molecule has 0 aliphatic rings. The SMILES string of the molecule is CCCNC(=O)c1cnc(Nc2ccccc2C(=O)OC)nc1. The number of ether oxygens (including phenoxy) is 1. The van der Waals surface area contributed by atoms with Gasteiger partial charge in [-0.1, -0.05) is 19.1 Å². The van der Waals surface area contributed by atoms with E-state index in [-0.39, 0.29) is 11.9 Å². The fourth-order valence-electron chi connectivity index (χ4n) is 1.85. The van der Waals surface area contributed by atoms with Gasteiger partial charge in [0.15, 0.2) is 0 Å². The first-order valence-electron chi connectivity index (χ1n) is 7.20. The third kappa shape index (κ3) is 4.26. The zero-order chi connectivity index (χ0) is 16.7. The van der Waals surface area contributed by atoms with Crippen molar-refractivity contribution in [2.75, 3.05) is 19.0 Å². The zero-order valence-corrected chi connectivity index (χ0v) is 13.0. The van der Waals surface area contributed by atoms with Crippen LogP contribution in [-0.4, -0.2) is 35.5 Å². The van der Waals surface area contributed by atoms with Gasteiger partial charge in [-0.25, -0.2) is 14.8 Å². The van der Waals surface area contributed by atoms with Crippen molar-refractivity contribution < 1.29 is 14.3 Å². The van der Waals surface area contributed by atoms with Gasteiger partial charge in [0, 0.05) is 18.9 Å². The van der Waals surface area contributed by atoms with Gasteiger partial charge in [0.25, 0.3) is 5.91 Å². The second-order valence-electron chi connectivity index (χ2n) is 4.71. The predicted molar refractivity (Wildman–Crippen MR) is 85.7 cm³/mol. The molecule has 1 aromatic heterocycles. The molecule has 0 spiro atoms. The van der Waals surface area contributed by atoms with Gasteiger partial charge in [-0.3, -0.25) is 4.79 Å². The number of rotatable bonds is 6. The maximum atomic E-state index is 11.8. The lowest BCUT2D eigenvalue weighted by Crippen LogP contribution is -2.24. The molecule has 1 amide bonds. The second-order valence-corrected chi connectivity index (χ2v) is 4.71. The standard InChI is InChI=1S/C16H18N4O3/c1-3-8-17-14(21)11-9-18-16(19-10-11)20-13-7-5-4-6-12(13)15(22)23-2/h4-7,9-10H,3,8H2,1-2H3,(H,17,21)(H,18,19,20). The number of carbonyl (C=O) groups excluding carboxylic acids is 2. The molecule has 0 saturated carbocycles. The molecule has 2 aromatic rings. The largest absolute Gasteiger partial charge is 0.465 e. The van der Waals surface area contributed by atoms with Gasteiger partial charge in [0.2, 0.25) is 5.95 Å². The van der Waals surface area contributed by atoms with Crippen molar-refractivity contribution in [3.05, 3.63) is 47.8 Å². The average molecular weight is 314 g/mol. The van der Waals surface area contributed by atoms with Crippen LogP contribution in [0.3, 0.4) is 0 Å². The Labute approximate surface area is 134 Å². The molecule has 2 rings (SSSR count). The van der Waals surface area contributed by atoms with E-state index < -0.39 is 5.97 Å². The number of benzene rings is 1. The predicted octanol–water partition coefficient (Wildman–Crippen LogP) is 2.15. The van der Waals surface area contributed by atoms with Crippen LogP contribution in [0.2, 0.25) is 0 Å². The third-order valence-electron chi connectivity index (χ3n) is 3.03. The van der Waals surface area contributed by atoms with Gasteiger partial charge < -0.3 is 15.4 Å². The Morgan fingerprint density at radius 2 is 1.87 bits per heavy atom. The number of aromatic nitrogens is 2. The third-order valence-corrected chi connectivity index (χ3v) is 3.03. The lowest BCUT2D eigenvalue weighted by atomic mass is 10.2. The van der Waals surface area contributed by atoms with E-state index in [2.05, 4.69) is 20.6 Å². The number of nitrogens with zero attached hydrogens (tertiary/aromatic N) is 2. The summed E-state index contributed by atoms with van der Waals surface area (Å²) in [7, 11) is 1.32. The topological polar surface area (TPSA) is 93.2 Å². The molecule has 0 radical (unpaired) electrons. The van der Waals surface area contributed by atoms with Gasteiger partial charge in [0.1, 0.15) is 0 Å². The van der Waals surface area contributed by atoms with Crippen LogP contribution in [0.1, 0.15) is 34.1 Å². The Hall–Kier alpha value is -2.96. The van der Waals surface area contributed by atoms with E-state index in [9.17, 15) is 9.59 Å². The first-order chi connectivity index (χ1) is 11.2. The Bertz CT molecular complexity index is 686. The molecule has 0 aliphatic heterocycles. The molecule has 0 saturated heterocycles. The first-order valence-corrected chi connectivity index (χ1v) is 7.20. The number of esters is 1. The minimum Gasteiger partial charge on any atom is -0.465 e. The molecule has 7 nitrogen and oxygen atoms in total. The Kier molecular flexibility index (Phi) is 5.62. The molecule has 1 heterocycles. The summed E-state index contributed by atoms with van der Waals surface area (Å²) in [6.45, 7) is 2.58. The monoisotopic (exact) mass is 314 g/mol. The number of methoxy groups -OCH3 is 1. The number of para-hydroxylation sites is 1. The fraction of sp³-hybridized carbons (Fsp3) is 0.250. The Balaban J connectivity index is 2.13. The highest BCUT2D eigenvalue weighted by Crippen LogP contribution is 2.19. The molecule has 120 valence electrons. The molecule has 0 unspecified atom stereocenters. The number of hydrogen-bond donors (Lipinski definition) is 2. The van der Waals surface area contributed by atoms with Gasteiger partial charge in [-0.05, 0) is 18.6 Å². The summed E-state index contributed by atoms with van der Waals surface area (Å²) in [6, 6.07) is 6.87. The van der Waals surface area contributed by atoms with E-state index in [4.69, 9.17) is 4.74 Å². The van der Waals surface area contributed by atoms with Crippen LogP contribution in [0.4, 0.5) is 11.6 Å². The van der Waals surface area contributed by atoms with Crippen LogP contribution in [0.5, 0.6) is 0 Å². The van der Waals surface area contributed by atoms with E-state index in [1.165, 1.54) is 19.5 Å². The zero-order valence-electron chi connectivity index (χ0n) is 13.0. The molecule has 23 heavy (non-hydrogen) atoms. The van der Waals surface area contributed by atoms with Gasteiger partial charge in [-0.15, -0.1) is 0 Å². The van der Waals surface area contributed by atoms with E-state index in [0.29, 0.717) is 23.4 Å². The first kappa shape index (κ1) is 16.4. The van der Waals surface area contributed by atoms with Crippen molar-refractivity contribution in [2.24, 2.45) is 0 Å². The van der Waals surface area contributed by atoms with E-state index in [1.54, 1.807) is 24.3 Å². The highest BCUT2D eigenvalue weighted by Gasteiger charge is 2.12. The highest BCUT2D eigenvalue weighted by atomic mass is 16.5. The molecule has 1 aromatic carbocycles. The van der Waals surface area contributed by atoms with Crippen molar-refractivity contribution in [1.82, 2.24) is 15.3 Å². The van der Waals surface area contributed by atoms with Crippen molar-refractivity contribution >= 4 is 23.5 Å². The number of amides is 1. The van der Waals surface area contributed by atoms with Gasteiger partial charge in [0.05, 0.1) is 23.9 Å². The van der Waals surface area contributed by atoms with Gasteiger partial charge >= 0.3 is 5.97 Å². The van der Waals surface area contributed by atoms with Crippen LogP contribution in [0, 0.1) is 0 Å². The number of carbonyl (C=O) groups is 2. The quantitative estimate of drug-likeness (QED) is 0.794. The van der Waals surface area contributed by atoms with Crippen LogP contribution >= 0.6 is 0 Å². The molecular formula is C16H18N4O3. The Morgan fingerprint density at radius 1 is 1.17 bits per heavy atom. The summed E-state index contributed by atoms with van der Waals surface area (Å²) in [4.78, 5) is 31.7. The van der Waals surface area contributed by atoms with Crippen LogP contribution < -0.4 is 10.6 Å². The molecule has 0 atom stereocenters. The van der Waals surface area contributed by atoms with Crippen molar-refractivity contribution in [3.8, 4) is 0 Å². The molecule has 0 bridgehead atoms. The summed E-state index contributed by atoms with van der Waals surface area (Å²) in [5.74, 6) is -0.384. The summed E-state index contributed by atoms with van der Waals surface area (Å²) in [5.41, 5.74) is 1.29. The number of nitrogens with one attached hydrogen (secondary N) is 2.